The minimum atomic E-state index is -0.0695. The first-order valence-corrected chi connectivity index (χ1v) is 6.80. The lowest BCUT2D eigenvalue weighted by Crippen LogP contribution is -2.39. The van der Waals surface area contributed by atoms with E-state index in [4.69, 9.17) is 0 Å². The number of hydrogen-bond acceptors (Lipinski definition) is 3. The maximum atomic E-state index is 12.2. The van der Waals surface area contributed by atoms with E-state index in [1.54, 1.807) is 6.20 Å². The highest BCUT2D eigenvalue weighted by Crippen LogP contribution is 2.17. The third-order valence-corrected chi connectivity index (χ3v) is 3.59. The van der Waals surface area contributed by atoms with E-state index in [0.29, 0.717) is 0 Å². The Morgan fingerprint density at radius 3 is 3.21 bits per heavy atom. The normalized spacial score (nSPS) is 20.1. The van der Waals surface area contributed by atoms with Gasteiger partial charge in [0.25, 0.3) is 0 Å². The van der Waals surface area contributed by atoms with Crippen molar-refractivity contribution in [1.82, 2.24) is 15.5 Å². The summed E-state index contributed by atoms with van der Waals surface area (Å²) in [5.74, 6) is 0.0563. The molecule has 1 aromatic heterocycles. The maximum Gasteiger partial charge on any atom is 0.241 e. The summed E-state index contributed by atoms with van der Waals surface area (Å²) in [6.45, 7) is 0.928. The zero-order chi connectivity index (χ0) is 13.1. The van der Waals surface area contributed by atoms with Crippen LogP contribution in [0.25, 0.3) is 10.9 Å². The van der Waals surface area contributed by atoms with E-state index < -0.39 is 0 Å². The third kappa shape index (κ3) is 2.76. The fraction of sp³-hybridized carbons (Fsp3) is 0.429. The lowest BCUT2D eigenvalue weighted by Gasteiger charge is -2.15. The molecule has 0 bridgehead atoms. The fourth-order valence-electron chi connectivity index (χ4n) is 2.50. The minimum absolute atomic E-state index is 0.0563. The number of hydrogen-bond donors (Lipinski definition) is 3. The Kier molecular flexibility index (Phi) is 3.46. The van der Waals surface area contributed by atoms with Crippen LogP contribution < -0.4 is 10.6 Å². The van der Waals surface area contributed by atoms with Gasteiger partial charge in [0, 0.05) is 11.1 Å². The molecule has 5 nitrogen and oxygen atoms in total. The topological polar surface area (TPSA) is 69.8 Å². The molecule has 3 rings (SSSR count). The van der Waals surface area contributed by atoms with Crippen LogP contribution in [0.4, 0.5) is 5.69 Å². The minimum Gasteiger partial charge on any atom is -0.325 e. The summed E-state index contributed by atoms with van der Waals surface area (Å²) in [5.41, 5.74) is 1.75. The van der Waals surface area contributed by atoms with E-state index in [0.717, 1.165) is 42.4 Å². The summed E-state index contributed by atoms with van der Waals surface area (Å²) < 4.78 is 0. The van der Waals surface area contributed by atoms with Crippen molar-refractivity contribution in [2.75, 3.05) is 11.9 Å². The van der Waals surface area contributed by atoms with Crippen LogP contribution in [0.15, 0.2) is 24.4 Å². The molecule has 0 aliphatic carbocycles. The average molecular weight is 258 g/mol. The Morgan fingerprint density at radius 2 is 2.26 bits per heavy atom. The molecule has 0 spiro atoms. The SMILES string of the molecule is O=C(Nc1ccc2cn[nH]c2c1)C1CCCCCN1. The van der Waals surface area contributed by atoms with Gasteiger partial charge in [-0.25, -0.2) is 0 Å². The monoisotopic (exact) mass is 258 g/mol. The summed E-state index contributed by atoms with van der Waals surface area (Å²) >= 11 is 0. The molecule has 2 aromatic rings. The smallest absolute Gasteiger partial charge is 0.241 e. The van der Waals surface area contributed by atoms with Crippen molar-refractivity contribution in [3.63, 3.8) is 0 Å². The van der Waals surface area contributed by atoms with Crippen molar-refractivity contribution in [2.45, 2.75) is 31.7 Å². The lowest BCUT2D eigenvalue weighted by atomic mass is 10.1. The van der Waals surface area contributed by atoms with Gasteiger partial charge >= 0.3 is 0 Å². The quantitative estimate of drug-likeness (QED) is 0.772. The van der Waals surface area contributed by atoms with Crippen molar-refractivity contribution in [1.29, 1.82) is 0 Å². The number of benzene rings is 1. The molecular weight excluding hydrogens is 240 g/mol. The van der Waals surface area contributed by atoms with Crippen LogP contribution in [0, 0.1) is 0 Å². The van der Waals surface area contributed by atoms with E-state index in [1.807, 2.05) is 18.2 Å². The van der Waals surface area contributed by atoms with Gasteiger partial charge in [-0.15, -0.1) is 0 Å². The van der Waals surface area contributed by atoms with E-state index in [1.165, 1.54) is 6.42 Å². The molecule has 1 aliphatic heterocycles. The van der Waals surface area contributed by atoms with Crippen LogP contribution in [0.5, 0.6) is 0 Å². The van der Waals surface area contributed by atoms with Crippen LogP contribution in [0.3, 0.4) is 0 Å². The van der Waals surface area contributed by atoms with Crippen molar-refractivity contribution in [3.05, 3.63) is 24.4 Å². The molecule has 0 saturated carbocycles. The molecule has 1 unspecified atom stereocenters. The van der Waals surface area contributed by atoms with Crippen LogP contribution in [0.2, 0.25) is 0 Å². The van der Waals surface area contributed by atoms with Crippen LogP contribution in [0.1, 0.15) is 25.7 Å². The van der Waals surface area contributed by atoms with Crippen LogP contribution >= 0.6 is 0 Å². The first kappa shape index (κ1) is 12.2. The summed E-state index contributed by atoms with van der Waals surface area (Å²) in [6.07, 6.45) is 6.16. The van der Waals surface area contributed by atoms with E-state index >= 15 is 0 Å². The Bertz CT molecular complexity index is 570. The molecule has 1 fully saturated rings. The Balaban J connectivity index is 1.70. The predicted octanol–water partition coefficient (Wildman–Crippen LogP) is 2.03. The fourth-order valence-corrected chi connectivity index (χ4v) is 2.50. The number of H-pyrrole nitrogens is 1. The van der Waals surface area contributed by atoms with Crippen LogP contribution in [-0.2, 0) is 4.79 Å². The van der Waals surface area contributed by atoms with Gasteiger partial charge in [0.15, 0.2) is 0 Å². The second-order valence-electron chi connectivity index (χ2n) is 5.02. The first-order valence-electron chi connectivity index (χ1n) is 6.80. The number of amides is 1. The van der Waals surface area contributed by atoms with E-state index in [2.05, 4.69) is 20.8 Å². The predicted molar refractivity (Wildman–Crippen MR) is 75.0 cm³/mol. The summed E-state index contributed by atoms with van der Waals surface area (Å²) in [7, 11) is 0. The molecule has 0 radical (unpaired) electrons. The van der Waals surface area contributed by atoms with E-state index in [-0.39, 0.29) is 11.9 Å². The molecular formula is C14H18N4O. The maximum absolute atomic E-state index is 12.2. The number of aromatic amines is 1. The van der Waals surface area contributed by atoms with E-state index in [9.17, 15) is 4.79 Å². The molecule has 5 heteroatoms. The molecule has 1 amide bonds. The molecule has 19 heavy (non-hydrogen) atoms. The summed E-state index contributed by atoms with van der Waals surface area (Å²) in [4.78, 5) is 12.2. The summed E-state index contributed by atoms with van der Waals surface area (Å²) in [5, 5.41) is 14.2. The number of nitrogens with zero attached hydrogens (tertiary/aromatic N) is 1. The number of fused-ring (bicyclic) bond motifs is 1. The second kappa shape index (κ2) is 5.40. The summed E-state index contributed by atoms with van der Waals surface area (Å²) in [6, 6.07) is 5.71. The van der Waals surface area contributed by atoms with Gasteiger partial charge in [-0.05, 0) is 37.6 Å². The Hall–Kier alpha value is -1.88. The molecule has 2 heterocycles. The van der Waals surface area contributed by atoms with Crippen LogP contribution in [-0.4, -0.2) is 28.7 Å². The average Bonchev–Trinajstić information content (AvgIpc) is 2.71. The highest BCUT2D eigenvalue weighted by molar-refractivity contribution is 5.96. The van der Waals surface area contributed by atoms with Gasteiger partial charge in [0.05, 0.1) is 17.8 Å². The van der Waals surface area contributed by atoms with Gasteiger partial charge in [0.2, 0.25) is 5.91 Å². The number of anilines is 1. The standard InChI is InChI=1S/C14H18N4O/c19-14(12-4-2-1-3-7-15-12)17-11-6-5-10-9-16-18-13(10)8-11/h5-6,8-9,12,15H,1-4,7H2,(H,16,18)(H,17,19). The molecule has 1 aliphatic rings. The second-order valence-corrected chi connectivity index (χ2v) is 5.02. The largest absolute Gasteiger partial charge is 0.325 e. The van der Waals surface area contributed by atoms with Crippen molar-refractivity contribution in [2.24, 2.45) is 0 Å². The molecule has 1 saturated heterocycles. The Morgan fingerprint density at radius 1 is 1.32 bits per heavy atom. The molecule has 1 aromatic carbocycles. The molecule has 1 atom stereocenters. The van der Waals surface area contributed by atoms with Gasteiger partial charge in [-0.3, -0.25) is 9.89 Å². The number of nitrogens with one attached hydrogen (secondary N) is 3. The number of aromatic nitrogens is 2. The van der Waals surface area contributed by atoms with Gasteiger partial charge in [-0.1, -0.05) is 12.8 Å². The Labute approximate surface area is 111 Å². The van der Waals surface area contributed by atoms with Crippen molar-refractivity contribution >= 4 is 22.5 Å². The molecule has 100 valence electrons. The number of carbonyl (C=O) groups is 1. The highest BCUT2D eigenvalue weighted by atomic mass is 16.2. The zero-order valence-electron chi connectivity index (χ0n) is 10.8. The lowest BCUT2D eigenvalue weighted by molar-refractivity contribution is -0.118. The zero-order valence-corrected chi connectivity index (χ0v) is 10.8. The van der Waals surface area contributed by atoms with Gasteiger partial charge in [0.1, 0.15) is 0 Å². The molecule has 3 N–H and O–H groups in total. The van der Waals surface area contributed by atoms with Gasteiger partial charge < -0.3 is 10.6 Å². The van der Waals surface area contributed by atoms with Crippen molar-refractivity contribution < 1.29 is 4.79 Å². The third-order valence-electron chi connectivity index (χ3n) is 3.59. The van der Waals surface area contributed by atoms with Gasteiger partial charge in [-0.2, -0.15) is 5.10 Å². The number of carbonyl (C=O) groups excluding carboxylic acids is 1. The number of rotatable bonds is 2. The highest BCUT2D eigenvalue weighted by Gasteiger charge is 2.19. The first-order chi connectivity index (χ1) is 9.33. The van der Waals surface area contributed by atoms with Crippen molar-refractivity contribution in [3.8, 4) is 0 Å².